The van der Waals surface area contributed by atoms with Gasteiger partial charge in [-0.3, -0.25) is 14.4 Å². The van der Waals surface area contributed by atoms with Crippen molar-refractivity contribution in [2.24, 2.45) is 28.1 Å². The second kappa shape index (κ2) is 6.30. The Balaban J connectivity index is 1.62. The number of rotatable bonds is 1. The summed E-state index contributed by atoms with van der Waals surface area (Å²) in [5.74, 6) is -0.156. The summed E-state index contributed by atoms with van der Waals surface area (Å²) in [5, 5.41) is 0. The van der Waals surface area contributed by atoms with E-state index >= 15 is 0 Å². The molecular formula is C25H32O5. The van der Waals surface area contributed by atoms with Gasteiger partial charge in [0, 0.05) is 23.7 Å². The van der Waals surface area contributed by atoms with E-state index in [0.29, 0.717) is 19.3 Å². The van der Waals surface area contributed by atoms with Crippen molar-refractivity contribution in [1.29, 1.82) is 0 Å². The lowest BCUT2D eigenvalue weighted by atomic mass is 9.44. The fraction of sp³-hybridized carbons (Fsp3) is 0.720. The maximum atomic E-state index is 13.1. The minimum absolute atomic E-state index is 0.0802. The second-order valence-electron chi connectivity index (χ2n) is 10.8. The van der Waals surface area contributed by atoms with Crippen molar-refractivity contribution in [3.8, 4) is 0 Å². The number of carbonyl (C=O) groups is 3. The molecule has 6 atom stereocenters. The molecule has 6 unspecified atom stereocenters. The quantitative estimate of drug-likeness (QED) is 0.474. The zero-order valence-corrected chi connectivity index (χ0v) is 18.3. The van der Waals surface area contributed by atoms with Gasteiger partial charge in [0.05, 0.1) is 13.0 Å². The molecule has 5 nitrogen and oxygen atoms in total. The monoisotopic (exact) mass is 412 g/mol. The van der Waals surface area contributed by atoms with E-state index in [0.717, 1.165) is 44.1 Å². The van der Waals surface area contributed by atoms with Crippen LogP contribution < -0.4 is 0 Å². The van der Waals surface area contributed by atoms with Gasteiger partial charge in [-0.25, -0.2) is 0 Å². The van der Waals surface area contributed by atoms with Gasteiger partial charge in [-0.05, 0) is 62.4 Å². The third-order valence-corrected chi connectivity index (χ3v) is 9.60. The van der Waals surface area contributed by atoms with Crippen molar-refractivity contribution in [3.05, 3.63) is 23.8 Å². The van der Waals surface area contributed by atoms with Crippen molar-refractivity contribution >= 4 is 17.7 Å². The number of allylic oxidation sites excluding steroid dienone is 4. The third kappa shape index (κ3) is 2.44. The average molecular weight is 413 g/mol. The highest BCUT2D eigenvalue weighted by Crippen LogP contribution is 2.71. The first-order chi connectivity index (χ1) is 14.2. The van der Waals surface area contributed by atoms with E-state index in [1.165, 1.54) is 7.11 Å². The minimum Gasteiger partial charge on any atom is -0.469 e. The van der Waals surface area contributed by atoms with Gasteiger partial charge in [-0.1, -0.05) is 31.6 Å². The molecule has 0 bridgehead atoms. The summed E-state index contributed by atoms with van der Waals surface area (Å²) in [6.45, 7) is 4.54. The van der Waals surface area contributed by atoms with Crippen LogP contribution in [-0.4, -0.2) is 30.4 Å². The number of hydrogen-bond acceptors (Lipinski definition) is 5. The predicted octanol–water partition coefficient (Wildman–Crippen LogP) is 4.30. The van der Waals surface area contributed by atoms with Crippen molar-refractivity contribution in [2.45, 2.75) is 77.2 Å². The van der Waals surface area contributed by atoms with Gasteiger partial charge in [0.15, 0.2) is 5.78 Å². The van der Waals surface area contributed by atoms with Crippen LogP contribution >= 0.6 is 0 Å². The molecular weight excluding hydrogens is 380 g/mol. The molecule has 1 aliphatic heterocycles. The van der Waals surface area contributed by atoms with E-state index in [2.05, 4.69) is 26.0 Å². The first-order valence-corrected chi connectivity index (χ1v) is 11.4. The average Bonchev–Trinajstić information content (AvgIpc) is 3.23. The molecule has 0 aromatic carbocycles. The maximum absolute atomic E-state index is 13.1. The smallest absolute Gasteiger partial charge is 0.309 e. The first-order valence-electron chi connectivity index (χ1n) is 11.4. The lowest BCUT2D eigenvalue weighted by Crippen LogP contribution is -2.57. The molecule has 2 saturated carbocycles. The molecule has 5 rings (SSSR count). The zero-order valence-electron chi connectivity index (χ0n) is 18.3. The van der Waals surface area contributed by atoms with Crippen molar-refractivity contribution < 1.29 is 23.9 Å². The molecule has 5 heteroatoms. The highest BCUT2D eigenvalue weighted by atomic mass is 16.6. The second-order valence-corrected chi connectivity index (χ2v) is 10.8. The first kappa shape index (κ1) is 20.0. The molecule has 162 valence electrons. The van der Waals surface area contributed by atoms with E-state index in [4.69, 9.17) is 9.47 Å². The van der Waals surface area contributed by atoms with Crippen molar-refractivity contribution in [3.63, 3.8) is 0 Å². The molecule has 0 radical (unpaired) electrons. The van der Waals surface area contributed by atoms with Gasteiger partial charge in [0.1, 0.15) is 5.60 Å². The number of fused-ring (bicyclic) bond motifs is 4. The highest BCUT2D eigenvalue weighted by Gasteiger charge is 2.69. The Morgan fingerprint density at radius 3 is 2.67 bits per heavy atom. The lowest BCUT2D eigenvalue weighted by Gasteiger charge is -2.59. The summed E-state index contributed by atoms with van der Waals surface area (Å²) in [5.41, 5.74) is 0.115. The summed E-state index contributed by atoms with van der Waals surface area (Å²) < 4.78 is 11.3. The number of methoxy groups -OCH3 is 1. The Morgan fingerprint density at radius 2 is 1.97 bits per heavy atom. The topological polar surface area (TPSA) is 69.7 Å². The summed E-state index contributed by atoms with van der Waals surface area (Å²) in [4.78, 5) is 37.4. The molecule has 4 aliphatic carbocycles. The molecule has 1 heterocycles. The van der Waals surface area contributed by atoms with Gasteiger partial charge in [0.2, 0.25) is 0 Å². The highest BCUT2D eigenvalue weighted by molar-refractivity contribution is 5.92. The van der Waals surface area contributed by atoms with Crippen LogP contribution in [0.25, 0.3) is 0 Å². The van der Waals surface area contributed by atoms with Gasteiger partial charge >= 0.3 is 11.9 Å². The predicted molar refractivity (Wildman–Crippen MR) is 110 cm³/mol. The number of esters is 2. The van der Waals surface area contributed by atoms with Gasteiger partial charge in [-0.2, -0.15) is 0 Å². The van der Waals surface area contributed by atoms with Crippen LogP contribution in [-0.2, 0) is 23.9 Å². The van der Waals surface area contributed by atoms with Crippen LogP contribution in [0, 0.1) is 28.1 Å². The fourth-order valence-corrected chi connectivity index (χ4v) is 8.03. The maximum Gasteiger partial charge on any atom is 0.309 e. The number of ketones is 1. The Morgan fingerprint density at radius 1 is 1.17 bits per heavy atom. The Kier molecular flexibility index (Phi) is 4.21. The van der Waals surface area contributed by atoms with Gasteiger partial charge < -0.3 is 9.47 Å². The summed E-state index contributed by atoms with van der Waals surface area (Å²) in [6, 6.07) is 0. The van der Waals surface area contributed by atoms with Crippen LogP contribution in [0.4, 0.5) is 0 Å². The van der Waals surface area contributed by atoms with E-state index in [-0.39, 0.29) is 45.8 Å². The Labute approximate surface area is 178 Å². The van der Waals surface area contributed by atoms with Crippen LogP contribution in [0.3, 0.4) is 0 Å². The number of hydrogen-bond donors (Lipinski definition) is 0. The summed E-state index contributed by atoms with van der Waals surface area (Å²) in [6.07, 6.45) is 13.1. The van der Waals surface area contributed by atoms with E-state index in [1.807, 2.05) is 0 Å². The van der Waals surface area contributed by atoms with Gasteiger partial charge in [0.25, 0.3) is 0 Å². The normalized spacial score (nSPS) is 47.1. The van der Waals surface area contributed by atoms with Crippen molar-refractivity contribution in [2.75, 3.05) is 7.11 Å². The van der Waals surface area contributed by atoms with E-state index < -0.39 is 5.60 Å². The number of carbonyl (C=O) groups excluding carboxylic acids is 3. The third-order valence-electron chi connectivity index (χ3n) is 9.60. The Bertz CT molecular complexity index is 886. The largest absolute Gasteiger partial charge is 0.469 e. The zero-order chi connectivity index (χ0) is 21.4. The Hall–Kier alpha value is -1.91. The van der Waals surface area contributed by atoms with Crippen LogP contribution in [0.1, 0.15) is 71.6 Å². The molecule has 0 aromatic rings. The van der Waals surface area contributed by atoms with E-state index in [1.54, 1.807) is 6.08 Å². The number of ether oxygens (including phenoxy) is 2. The SMILES string of the molecule is COC(=O)C1CC2=CC(=O)CCC2(C)CC12C=CCC1(C)C2CCC12CCC(=O)O2. The van der Waals surface area contributed by atoms with Crippen molar-refractivity contribution in [1.82, 2.24) is 0 Å². The van der Waals surface area contributed by atoms with Crippen LogP contribution in [0.15, 0.2) is 23.8 Å². The molecule has 3 fully saturated rings. The van der Waals surface area contributed by atoms with Gasteiger partial charge in [-0.15, -0.1) is 0 Å². The molecule has 30 heavy (non-hydrogen) atoms. The summed E-state index contributed by atoms with van der Waals surface area (Å²) >= 11 is 0. The van der Waals surface area contributed by atoms with E-state index in [9.17, 15) is 14.4 Å². The molecule has 0 aromatic heterocycles. The molecule has 1 saturated heterocycles. The minimum atomic E-state index is -0.410. The standard InChI is InChI=1S/C25H32O5/c1-22-10-5-17(26)13-16(22)14-18(21(28)29-3)24(15-22)9-4-8-23(2)19(24)6-11-25(23)12-7-20(27)30-25/h4,9,13,18-19H,5-8,10-12,14-15H2,1-3H3. The fourth-order valence-electron chi connectivity index (χ4n) is 8.03. The van der Waals surface area contributed by atoms with Crippen LogP contribution in [0.2, 0.25) is 0 Å². The summed E-state index contributed by atoms with van der Waals surface area (Å²) in [7, 11) is 1.46. The lowest BCUT2D eigenvalue weighted by molar-refractivity contribution is -0.170. The molecule has 5 aliphatic rings. The molecule has 0 N–H and O–H groups in total. The van der Waals surface area contributed by atoms with Crippen LogP contribution in [0.5, 0.6) is 0 Å². The molecule has 0 amide bonds. The molecule has 2 spiro atoms.